The summed E-state index contributed by atoms with van der Waals surface area (Å²) in [5.74, 6) is 1.27. The van der Waals surface area contributed by atoms with Gasteiger partial charge in [0.25, 0.3) is 0 Å². The zero-order valence-corrected chi connectivity index (χ0v) is 15.0. The van der Waals surface area contributed by atoms with E-state index in [1.807, 2.05) is 0 Å². The predicted molar refractivity (Wildman–Crippen MR) is 96.2 cm³/mol. The van der Waals surface area contributed by atoms with E-state index in [9.17, 15) is 4.79 Å². The van der Waals surface area contributed by atoms with Crippen molar-refractivity contribution >= 4 is 22.9 Å². The highest BCUT2D eigenvalue weighted by Crippen LogP contribution is 2.32. The molecular formula is C18H22N2O3S. The fourth-order valence-corrected chi connectivity index (χ4v) is 4.00. The zero-order valence-electron chi connectivity index (χ0n) is 14.2. The van der Waals surface area contributed by atoms with Crippen LogP contribution in [-0.4, -0.2) is 38.1 Å². The molecule has 2 heterocycles. The Balaban J connectivity index is 1.66. The summed E-state index contributed by atoms with van der Waals surface area (Å²) in [4.78, 5) is 16.1. The first-order valence-electron chi connectivity index (χ1n) is 7.94. The SMILES string of the molecule is COc1cc(NC(=O)CN2CCc3sccc3[C@@H]2C)cc(OC)c1. The lowest BCUT2D eigenvalue weighted by atomic mass is 10.0. The molecule has 3 rings (SSSR count). The van der Waals surface area contributed by atoms with Crippen molar-refractivity contribution in [3.05, 3.63) is 40.1 Å². The summed E-state index contributed by atoms with van der Waals surface area (Å²) in [6.45, 7) is 3.44. The van der Waals surface area contributed by atoms with E-state index in [0.29, 0.717) is 23.7 Å². The number of rotatable bonds is 5. The summed E-state index contributed by atoms with van der Waals surface area (Å²) < 4.78 is 10.5. The molecule has 1 N–H and O–H groups in total. The predicted octanol–water partition coefficient (Wildman–Crippen LogP) is 3.32. The third-order valence-corrected chi connectivity index (χ3v) is 5.38. The van der Waals surface area contributed by atoms with Crippen LogP contribution >= 0.6 is 11.3 Å². The number of ether oxygens (including phenoxy) is 2. The van der Waals surface area contributed by atoms with Gasteiger partial charge >= 0.3 is 0 Å². The first-order valence-corrected chi connectivity index (χ1v) is 8.82. The van der Waals surface area contributed by atoms with E-state index in [2.05, 4.69) is 28.6 Å². The number of thiophene rings is 1. The van der Waals surface area contributed by atoms with E-state index in [0.717, 1.165) is 13.0 Å². The highest BCUT2D eigenvalue weighted by Gasteiger charge is 2.26. The topological polar surface area (TPSA) is 50.8 Å². The van der Waals surface area contributed by atoms with Crippen LogP contribution in [0.5, 0.6) is 11.5 Å². The number of anilines is 1. The van der Waals surface area contributed by atoms with Gasteiger partial charge < -0.3 is 14.8 Å². The summed E-state index contributed by atoms with van der Waals surface area (Å²) in [7, 11) is 3.18. The lowest BCUT2D eigenvalue weighted by Gasteiger charge is -2.32. The molecule has 1 aliphatic rings. The minimum atomic E-state index is -0.0316. The van der Waals surface area contributed by atoms with Gasteiger partial charge in [-0.3, -0.25) is 9.69 Å². The molecule has 24 heavy (non-hydrogen) atoms. The third-order valence-electron chi connectivity index (χ3n) is 4.39. The molecule has 1 aromatic carbocycles. The Morgan fingerprint density at radius 1 is 1.29 bits per heavy atom. The molecule has 0 unspecified atom stereocenters. The fourth-order valence-electron chi connectivity index (χ4n) is 3.04. The first kappa shape index (κ1) is 16.8. The number of fused-ring (bicyclic) bond motifs is 1. The minimum absolute atomic E-state index is 0.0316. The van der Waals surface area contributed by atoms with Crippen LogP contribution in [0.3, 0.4) is 0 Å². The van der Waals surface area contributed by atoms with Crippen LogP contribution in [0, 0.1) is 0 Å². The van der Waals surface area contributed by atoms with Crippen LogP contribution in [0.25, 0.3) is 0 Å². The van der Waals surface area contributed by atoms with Crippen molar-refractivity contribution in [3.8, 4) is 11.5 Å². The highest BCUT2D eigenvalue weighted by atomic mass is 32.1. The summed E-state index contributed by atoms with van der Waals surface area (Å²) in [6.07, 6.45) is 1.01. The van der Waals surface area contributed by atoms with E-state index in [1.54, 1.807) is 43.8 Å². The summed E-state index contributed by atoms with van der Waals surface area (Å²) >= 11 is 1.81. The maximum absolute atomic E-state index is 12.4. The molecule has 0 saturated carbocycles. The van der Waals surface area contributed by atoms with Gasteiger partial charge in [0.05, 0.1) is 20.8 Å². The lowest BCUT2D eigenvalue weighted by molar-refractivity contribution is -0.117. The molecule has 0 fully saturated rings. The number of amides is 1. The number of hydrogen-bond acceptors (Lipinski definition) is 5. The minimum Gasteiger partial charge on any atom is -0.497 e. The molecule has 6 heteroatoms. The zero-order chi connectivity index (χ0) is 17.1. The molecule has 1 amide bonds. The molecule has 2 aromatic rings. The van der Waals surface area contributed by atoms with Crippen molar-refractivity contribution in [1.29, 1.82) is 0 Å². The van der Waals surface area contributed by atoms with Crippen molar-refractivity contribution < 1.29 is 14.3 Å². The van der Waals surface area contributed by atoms with Gasteiger partial charge in [0.1, 0.15) is 11.5 Å². The Morgan fingerprint density at radius 3 is 2.67 bits per heavy atom. The van der Waals surface area contributed by atoms with E-state index in [4.69, 9.17) is 9.47 Å². The van der Waals surface area contributed by atoms with E-state index in [-0.39, 0.29) is 11.9 Å². The van der Waals surface area contributed by atoms with Crippen LogP contribution in [0.4, 0.5) is 5.69 Å². The van der Waals surface area contributed by atoms with Crippen molar-refractivity contribution in [3.63, 3.8) is 0 Å². The number of nitrogens with one attached hydrogen (secondary N) is 1. The standard InChI is InChI=1S/C18H22N2O3S/c1-12-16-5-7-24-17(16)4-6-20(12)11-18(21)19-13-8-14(22-2)10-15(9-13)23-3/h5,7-10,12H,4,6,11H2,1-3H3,(H,19,21)/t12-/m0/s1. The molecule has 0 bridgehead atoms. The van der Waals surface area contributed by atoms with Crippen LogP contribution in [-0.2, 0) is 11.2 Å². The van der Waals surface area contributed by atoms with E-state index >= 15 is 0 Å². The summed E-state index contributed by atoms with van der Waals surface area (Å²) in [5.41, 5.74) is 2.03. The second-order valence-corrected chi connectivity index (χ2v) is 6.85. The average molecular weight is 346 g/mol. The van der Waals surface area contributed by atoms with Gasteiger partial charge in [0.2, 0.25) is 5.91 Å². The normalized spacial score (nSPS) is 17.2. The molecule has 5 nitrogen and oxygen atoms in total. The Hall–Kier alpha value is -2.05. The summed E-state index contributed by atoms with van der Waals surface area (Å²) in [6, 6.07) is 7.79. The van der Waals surface area contributed by atoms with Crippen LogP contribution < -0.4 is 14.8 Å². The Morgan fingerprint density at radius 2 is 2.00 bits per heavy atom. The molecular weight excluding hydrogens is 324 g/mol. The van der Waals surface area contributed by atoms with E-state index < -0.39 is 0 Å². The Bertz CT molecular complexity index is 707. The largest absolute Gasteiger partial charge is 0.497 e. The Labute approximate surface area is 146 Å². The highest BCUT2D eigenvalue weighted by molar-refractivity contribution is 7.10. The van der Waals surface area contributed by atoms with Gasteiger partial charge in [-0.1, -0.05) is 0 Å². The first-order chi connectivity index (χ1) is 11.6. The molecule has 0 spiro atoms. The molecule has 0 saturated heterocycles. The van der Waals surface area contributed by atoms with Gasteiger partial charge in [-0.2, -0.15) is 0 Å². The van der Waals surface area contributed by atoms with Gasteiger partial charge in [0, 0.05) is 41.4 Å². The van der Waals surface area contributed by atoms with Crippen molar-refractivity contribution in [2.45, 2.75) is 19.4 Å². The lowest BCUT2D eigenvalue weighted by Crippen LogP contribution is -2.39. The monoisotopic (exact) mass is 346 g/mol. The van der Waals surface area contributed by atoms with Gasteiger partial charge in [0.15, 0.2) is 0 Å². The number of methoxy groups -OCH3 is 2. The number of carbonyl (C=O) groups excluding carboxylic acids is 1. The fraction of sp³-hybridized carbons (Fsp3) is 0.389. The molecule has 0 aliphatic carbocycles. The average Bonchev–Trinajstić information content (AvgIpc) is 3.06. The summed E-state index contributed by atoms with van der Waals surface area (Å²) in [5, 5.41) is 5.07. The molecule has 1 aliphatic heterocycles. The second kappa shape index (κ2) is 7.23. The second-order valence-electron chi connectivity index (χ2n) is 5.85. The molecule has 1 atom stereocenters. The van der Waals surface area contributed by atoms with E-state index in [1.165, 1.54) is 10.4 Å². The van der Waals surface area contributed by atoms with Crippen molar-refractivity contribution in [2.75, 3.05) is 32.6 Å². The number of nitrogens with zero attached hydrogens (tertiary/aromatic N) is 1. The van der Waals surface area contributed by atoms with Crippen molar-refractivity contribution in [1.82, 2.24) is 4.90 Å². The van der Waals surface area contributed by atoms with Crippen molar-refractivity contribution in [2.24, 2.45) is 0 Å². The van der Waals surface area contributed by atoms with Gasteiger partial charge in [-0.15, -0.1) is 11.3 Å². The van der Waals surface area contributed by atoms with Gasteiger partial charge in [-0.25, -0.2) is 0 Å². The number of carbonyl (C=O) groups is 1. The number of hydrogen-bond donors (Lipinski definition) is 1. The Kier molecular flexibility index (Phi) is 5.06. The molecule has 128 valence electrons. The quantitative estimate of drug-likeness (QED) is 0.902. The maximum Gasteiger partial charge on any atom is 0.238 e. The smallest absolute Gasteiger partial charge is 0.238 e. The third kappa shape index (κ3) is 3.55. The number of benzene rings is 1. The van der Waals surface area contributed by atoms with Crippen LogP contribution in [0.1, 0.15) is 23.4 Å². The van der Waals surface area contributed by atoms with Crippen LogP contribution in [0.15, 0.2) is 29.6 Å². The van der Waals surface area contributed by atoms with Gasteiger partial charge in [-0.05, 0) is 30.4 Å². The molecule has 1 aromatic heterocycles. The van der Waals surface area contributed by atoms with Crippen LogP contribution in [0.2, 0.25) is 0 Å². The maximum atomic E-state index is 12.4. The molecule has 0 radical (unpaired) electrons.